The van der Waals surface area contributed by atoms with E-state index in [2.05, 4.69) is 10.0 Å². The van der Waals surface area contributed by atoms with Crippen LogP contribution in [-0.4, -0.2) is 20.4 Å². The van der Waals surface area contributed by atoms with Crippen LogP contribution in [0.3, 0.4) is 0 Å². The zero-order valence-corrected chi connectivity index (χ0v) is 20.4. The van der Waals surface area contributed by atoms with Crippen molar-refractivity contribution in [2.75, 3.05) is 10.0 Å². The van der Waals surface area contributed by atoms with Gasteiger partial charge in [0.05, 0.1) is 10.6 Å². The van der Waals surface area contributed by atoms with Crippen LogP contribution < -0.4 is 14.8 Å². The van der Waals surface area contributed by atoms with E-state index in [0.717, 1.165) is 22.3 Å². The maximum Gasteiger partial charge on any atom is 0.265 e. The van der Waals surface area contributed by atoms with Crippen molar-refractivity contribution in [3.05, 3.63) is 82.9 Å². The number of carbonyl (C=O) groups excluding carboxylic acids is 1. The molecule has 3 aromatic carbocycles. The number of aryl methyl sites for hydroxylation is 4. The molecule has 0 radical (unpaired) electrons. The van der Waals surface area contributed by atoms with Crippen LogP contribution in [0.25, 0.3) is 0 Å². The summed E-state index contributed by atoms with van der Waals surface area (Å²) in [4.78, 5) is 12.8. The summed E-state index contributed by atoms with van der Waals surface area (Å²) in [5.74, 6) is 0.346. The molecule has 0 aliphatic carbocycles. The van der Waals surface area contributed by atoms with Crippen LogP contribution in [0.2, 0.25) is 0 Å². The zero-order chi connectivity index (χ0) is 24.2. The van der Waals surface area contributed by atoms with E-state index in [4.69, 9.17) is 4.74 Å². The number of amides is 1. The molecule has 0 saturated heterocycles. The van der Waals surface area contributed by atoms with Gasteiger partial charge in [0.25, 0.3) is 15.9 Å². The Morgan fingerprint density at radius 3 is 2.18 bits per heavy atom. The number of ether oxygens (including phenoxy) is 1. The average Bonchev–Trinajstić information content (AvgIpc) is 2.76. The number of hydrogen-bond acceptors (Lipinski definition) is 4. The summed E-state index contributed by atoms with van der Waals surface area (Å²) in [5, 5.41) is 2.80. The number of anilines is 2. The molecule has 0 aliphatic rings. The highest BCUT2D eigenvalue weighted by atomic mass is 32.2. The van der Waals surface area contributed by atoms with Gasteiger partial charge in [-0.3, -0.25) is 9.52 Å². The summed E-state index contributed by atoms with van der Waals surface area (Å²) in [5.41, 5.74) is 5.18. The van der Waals surface area contributed by atoms with Crippen molar-refractivity contribution in [2.45, 2.75) is 52.0 Å². The summed E-state index contributed by atoms with van der Waals surface area (Å²) in [6.45, 7) is 9.69. The first kappa shape index (κ1) is 24.3. The third kappa shape index (κ3) is 6.14. The molecular formula is C26H30N2O4S. The van der Waals surface area contributed by atoms with Crippen LogP contribution in [0.15, 0.2) is 65.6 Å². The van der Waals surface area contributed by atoms with Crippen molar-refractivity contribution < 1.29 is 17.9 Å². The van der Waals surface area contributed by atoms with Crippen LogP contribution in [-0.2, 0) is 14.8 Å². The Kier molecular flexibility index (Phi) is 7.43. The van der Waals surface area contributed by atoms with Gasteiger partial charge < -0.3 is 10.1 Å². The van der Waals surface area contributed by atoms with Crippen LogP contribution in [0.4, 0.5) is 11.4 Å². The van der Waals surface area contributed by atoms with Crippen molar-refractivity contribution in [1.82, 2.24) is 0 Å². The standard InChI is InChI=1S/C26H30N2O4S/c1-6-25(32-22-11-8-18(3)19(4)16-22)26(29)27-21-9-12-23(13-10-21)33(30,31)28-24-14-7-17(2)15-20(24)5/h7-16,25,28H,6H2,1-5H3,(H,27,29). The van der Waals surface area contributed by atoms with Gasteiger partial charge in [-0.15, -0.1) is 0 Å². The Balaban J connectivity index is 1.68. The maximum atomic E-state index is 12.8. The molecule has 1 amide bonds. The molecule has 0 heterocycles. The number of carbonyl (C=O) groups is 1. The predicted octanol–water partition coefficient (Wildman–Crippen LogP) is 5.52. The van der Waals surface area contributed by atoms with Gasteiger partial charge in [-0.25, -0.2) is 8.42 Å². The van der Waals surface area contributed by atoms with Crippen molar-refractivity contribution >= 4 is 27.3 Å². The monoisotopic (exact) mass is 466 g/mol. The maximum absolute atomic E-state index is 12.8. The zero-order valence-electron chi connectivity index (χ0n) is 19.6. The summed E-state index contributed by atoms with van der Waals surface area (Å²) in [7, 11) is -3.75. The lowest BCUT2D eigenvalue weighted by atomic mass is 10.1. The molecule has 0 aliphatic heterocycles. The van der Waals surface area contributed by atoms with Crippen LogP contribution in [0, 0.1) is 27.7 Å². The Hall–Kier alpha value is -3.32. The minimum Gasteiger partial charge on any atom is -0.481 e. The van der Waals surface area contributed by atoms with E-state index in [1.165, 1.54) is 12.1 Å². The van der Waals surface area contributed by atoms with Crippen molar-refractivity contribution in [2.24, 2.45) is 0 Å². The molecule has 6 nitrogen and oxygen atoms in total. The Morgan fingerprint density at radius 1 is 0.879 bits per heavy atom. The molecule has 1 atom stereocenters. The Bertz CT molecular complexity index is 1250. The van der Waals surface area contributed by atoms with E-state index >= 15 is 0 Å². The highest BCUT2D eigenvalue weighted by Gasteiger charge is 2.20. The van der Waals surface area contributed by atoms with Crippen LogP contribution >= 0.6 is 0 Å². The molecule has 0 spiro atoms. The normalized spacial score (nSPS) is 12.2. The summed E-state index contributed by atoms with van der Waals surface area (Å²) < 4.78 is 34.0. The second-order valence-corrected chi connectivity index (χ2v) is 9.88. The van der Waals surface area contributed by atoms with Gasteiger partial charge in [-0.1, -0.05) is 30.7 Å². The lowest BCUT2D eigenvalue weighted by molar-refractivity contribution is -0.122. The largest absolute Gasteiger partial charge is 0.481 e. The minimum atomic E-state index is -3.75. The number of benzene rings is 3. The first-order chi connectivity index (χ1) is 15.6. The highest BCUT2D eigenvalue weighted by Crippen LogP contribution is 2.23. The average molecular weight is 467 g/mol. The summed E-state index contributed by atoms with van der Waals surface area (Å²) in [6, 6.07) is 17.3. The predicted molar refractivity (Wildman–Crippen MR) is 132 cm³/mol. The molecule has 2 N–H and O–H groups in total. The highest BCUT2D eigenvalue weighted by molar-refractivity contribution is 7.92. The Labute approximate surface area is 196 Å². The molecule has 0 aromatic heterocycles. The van der Waals surface area contributed by atoms with Gasteiger partial charge in [-0.05, 0) is 93.3 Å². The van der Waals surface area contributed by atoms with Gasteiger partial charge in [-0.2, -0.15) is 0 Å². The van der Waals surface area contributed by atoms with Gasteiger partial charge in [0.15, 0.2) is 6.10 Å². The molecular weight excluding hydrogens is 436 g/mol. The van der Waals surface area contributed by atoms with E-state index < -0.39 is 16.1 Å². The fourth-order valence-electron chi connectivity index (χ4n) is 3.35. The molecule has 174 valence electrons. The number of hydrogen-bond donors (Lipinski definition) is 2. The van der Waals surface area contributed by atoms with E-state index in [9.17, 15) is 13.2 Å². The first-order valence-electron chi connectivity index (χ1n) is 10.8. The molecule has 33 heavy (non-hydrogen) atoms. The Morgan fingerprint density at radius 2 is 1.58 bits per heavy atom. The molecule has 7 heteroatoms. The molecule has 3 aromatic rings. The van der Waals surface area contributed by atoms with E-state index in [1.54, 1.807) is 18.2 Å². The van der Waals surface area contributed by atoms with Crippen molar-refractivity contribution in [3.8, 4) is 5.75 Å². The van der Waals surface area contributed by atoms with Gasteiger partial charge in [0.1, 0.15) is 5.75 Å². The van der Waals surface area contributed by atoms with Crippen LogP contribution in [0.1, 0.15) is 35.6 Å². The van der Waals surface area contributed by atoms with E-state index in [0.29, 0.717) is 23.5 Å². The SMILES string of the molecule is CCC(Oc1ccc(C)c(C)c1)C(=O)Nc1ccc(S(=O)(=O)Nc2ccc(C)cc2C)cc1. The molecule has 0 bridgehead atoms. The topological polar surface area (TPSA) is 84.5 Å². The number of sulfonamides is 1. The van der Waals surface area contributed by atoms with Gasteiger partial charge in [0.2, 0.25) is 0 Å². The molecule has 0 saturated carbocycles. The number of nitrogens with one attached hydrogen (secondary N) is 2. The van der Waals surface area contributed by atoms with Crippen molar-refractivity contribution in [3.63, 3.8) is 0 Å². The van der Waals surface area contributed by atoms with E-state index in [1.807, 2.05) is 65.0 Å². The second-order valence-electron chi connectivity index (χ2n) is 8.20. The lowest BCUT2D eigenvalue weighted by Gasteiger charge is -2.18. The first-order valence-corrected chi connectivity index (χ1v) is 12.3. The molecule has 3 rings (SSSR count). The van der Waals surface area contributed by atoms with Gasteiger partial charge in [0, 0.05) is 5.69 Å². The van der Waals surface area contributed by atoms with Crippen LogP contribution in [0.5, 0.6) is 5.75 Å². The third-order valence-electron chi connectivity index (χ3n) is 5.48. The van der Waals surface area contributed by atoms with Gasteiger partial charge >= 0.3 is 0 Å². The second kappa shape index (κ2) is 10.1. The lowest BCUT2D eigenvalue weighted by Crippen LogP contribution is -2.32. The molecule has 0 fully saturated rings. The van der Waals surface area contributed by atoms with E-state index in [-0.39, 0.29) is 10.8 Å². The quantitative estimate of drug-likeness (QED) is 0.458. The molecule has 1 unspecified atom stereocenters. The number of rotatable bonds is 8. The van der Waals surface area contributed by atoms with Crippen molar-refractivity contribution in [1.29, 1.82) is 0 Å². The third-order valence-corrected chi connectivity index (χ3v) is 6.86. The smallest absolute Gasteiger partial charge is 0.265 e. The fraction of sp³-hybridized carbons (Fsp3) is 0.269. The summed E-state index contributed by atoms with van der Waals surface area (Å²) >= 11 is 0. The summed E-state index contributed by atoms with van der Waals surface area (Å²) in [6.07, 6.45) is -0.174. The fourth-order valence-corrected chi connectivity index (χ4v) is 4.48. The minimum absolute atomic E-state index is 0.110.